The van der Waals surface area contributed by atoms with E-state index in [-0.39, 0.29) is 35.7 Å². The number of aromatic nitrogens is 1. The Labute approximate surface area is 168 Å². The molecule has 1 aliphatic rings. The standard InChI is InChI=1S/C19H17F2N3O6/c1-23-8-13-11(5-14(23)25)17(28)16(18(29)22-6-15(26)27)19(30)24(13)7-9-2-3-10(20)4-12(9)21/h2-4,28H,5-8H2,1H3,(H,22,29)(H,26,27). The highest BCUT2D eigenvalue weighted by atomic mass is 19.1. The molecule has 1 aliphatic heterocycles. The summed E-state index contributed by atoms with van der Waals surface area (Å²) in [6, 6.07) is 2.79. The third-order valence-corrected chi connectivity index (χ3v) is 4.77. The lowest BCUT2D eigenvalue weighted by molar-refractivity contribution is -0.135. The van der Waals surface area contributed by atoms with Crippen molar-refractivity contribution in [1.29, 1.82) is 0 Å². The molecule has 0 radical (unpaired) electrons. The van der Waals surface area contributed by atoms with Gasteiger partial charge in [0.25, 0.3) is 11.5 Å². The number of likely N-dealkylation sites (N-methyl/N-ethyl adjacent to an activating group) is 1. The topological polar surface area (TPSA) is 129 Å². The van der Waals surface area contributed by atoms with Crippen LogP contribution in [0.25, 0.3) is 0 Å². The van der Waals surface area contributed by atoms with E-state index in [0.717, 1.165) is 16.7 Å². The van der Waals surface area contributed by atoms with Crippen molar-refractivity contribution in [1.82, 2.24) is 14.8 Å². The Morgan fingerprint density at radius 3 is 2.57 bits per heavy atom. The fourth-order valence-electron chi connectivity index (χ4n) is 3.21. The zero-order valence-electron chi connectivity index (χ0n) is 15.7. The molecule has 2 aromatic rings. The summed E-state index contributed by atoms with van der Waals surface area (Å²) in [6.45, 7) is -1.28. The maximum absolute atomic E-state index is 14.2. The molecule has 11 heteroatoms. The highest BCUT2D eigenvalue weighted by molar-refractivity contribution is 5.99. The molecule has 0 saturated carbocycles. The van der Waals surface area contributed by atoms with E-state index in [1.165, 1.54) is 11.9 Å². The molecule has 9 nitrogen and oxygen atoms in total. The second kappa shape index (κ2) is 7.93. The van der Waals surface area contributed by atoms with E-state index in [0.29, 0.717) is 6.07 Å². The number of aliphatic carboxylic acids is 1. The van der Waals surface area contributed by atoms with Gasteiger partial charge in [-0.1, -0.05) is 6.07 Å². The first kappa shape index (κ1) is 21.0. The van der Waals surface area contributed by atoms with Crippen LogP contribution >= 0.6 is 0 Å². The molecule has 0 unspecified atom stereocenters. The van der Waals surface area contributed by atoms with Gasteiger partial charge in [-0.3, -0.25) is 19.2 Å². The first-order chi connectivity index (χ1) is 14.1. The molecule has 0 bridgehead atoms. The van der Waals surface area contributed by atoms with Crippen LogP contribution in [0.1, 0.15) is 27.2 Å². The molecule has 0 saturated heterocycles. The Morgan fingerprint density at radius 1 is 1.23 bits per heavy atom. The highest BCUT2D eigenvalue weighted by Gasteiger charge is 2.31. The lowest BCUT2D eigenvalue weighted by atomic mass is 9.99. The van der Waals surface area contributed by atoms with Crippen LogP contribution < -0.4 is 10.9 Å². The number of benzene rings is 1. The predicted molar refractivity (Wildman–Crippen MR) is 98.0 cm³/mol. The number of fused-ring (bicyclic) bond motifs is 1. The molecule has 1 aromatic heterocycles. The first-order valence-electron chi connectivity index (χ1n) is 8.75. The molecule has 3 N–H and O–H groups in total. The molecular formula is C19H17F2N3O6. The number of carbonyl (C=O) groups is 3. The van der Waals surface area contributed by atoms with E-state index in [2.05, 4.69) is 0 Å². The summed E-state index contributed by atoms with van der Waals surface area (Å²) in [6.07, 6.45) is -0.316. The highest BCUT2D eigenvalue weighted by Crippen LogP contribution is 2.29. The van der Waals surface area contributed by atoms with Crippen molar-refractivity contribution in [2.45, 2.75) is 19.5 Å². The van der Waals surface area contributed by atoms with Gasteiger partial charge in [0, 0.05) is 29.9 Å². The maximum Gasteiger partial charge on any atom is 0.322 e. The molecule has 1 aromatic carbocycles. The van der Waals surface area contributed by atoms with Crippen LogP contribution in [0.3, 0.4) is 0 Å². The van der Waals surface area contributed by atoms with Crippen molar-refractivity contribution in [2.24, 2.45) is 0 Å². The van der Waals surface area contributed by atoms with Gasteiger partial charge in [-0.15, -0.1) is 0 Å². The number of hydrogen-bond donors (Lipinski definition) is 3. The summed E-state index contributed by atoms with van der Waals surface area (Å²) in [7, 11) is 1.48. The molecule has 0 fully saturated rings. The zero-order valence-corrected chi connectivity index (χ0v) is 15.7. The minimum Gasteiger partial charge on any atom is -0.507 e. The van der Waals surface area contributed by atoms with E-state index in [9.17, 15) is 33.1 Å². The van der Waals surface area contributed by atoms with Crippen molar-refractivity contribution in [3.63, 3.8) is 0 Å². The fraction of sp³-hybridized carbons (Fsp3) is 0.263. The number of hydrogen-bond acceptors (Lipinski definition) is 5. The Morgan fingerprint density at radius 2 is 1.93 bits per heavy atom. The number of carboxylic acid groups (broad SMARTS) is 1. The monoisotopic (exact) mass is 421 g/mol. The van der Waals surface area contributed by atoms with Crippen molar-refractivity contribution in [3.05, 3.63) is 62.6 Å². The summed E-state index contributed by atoms with van der Waals surface area (Å²) in [5, 5.41) is 21.2. The number of aromatic hydroxyl groups is 1. The molecule has 0 atom stereocenters. The van der Waals surface area contributed by atoms with E-state index >= 15 is 0 Å². The second-order valence-corrected chi connectivity index (χ2v) is 6.78. The van der Waals surface area contributed by atoms with Crippen molar-refractivity contribution >= 4 is 17.8 Å². The summed E-state index contributed by atoms with van der Waals surface area (Å²) in [4.78, 5) is 49.5. The second-order valence-electron chi connectivity index (χ2n) is 6.78. The van der Waals surface area contributed by atoms with E-state index in [4.69, 9.17) is 5.11 Å². The number of pyridine rings is 1. The smallest absolute Gasteiger partial charge is 0.322 e. The van der Waals surface area contributed by atoms with Crippen LogP contribution in [0.4, 0.5) is 8.78 Å². The number of nitrogens with one attached hydrogen (secondary N) is 1. The Kier molecular flexibility index (Phi) is 5.54. The largest absolute Gasteiger partial charge is 0.507 e. The predicted octanol–water partition coefficient (Wildman–Crippen LogP) is 0.209. The van der Waals surface area contributed by atoms with Gasteiger partial charge in [0.15, 0.2) is 0 Å². The number of carbonyl (C=O) groups excluding carboxylic acids is 2. The van der Waals surface area contributed by atoms with Gasteiger partial charge in [0.1, 0.15) is 29.5 Å². The Balaban J connectivity index is 2.18. The number of halogens is 2. The van der Waals surface area contributed by atoms with E-state index in [1.807, 2.05) is 5.32 Å². The fourth-order valence-corrected chi connectivity index (χ4v) is 3.21. The molecule has 2 amide bonds. The number of amides is 2. The molecule has 0 aliphatic carbocycles. The van der Waals surface area contributed by atoms with Gasteiger partial charge in [-0.05, 0) is 6.07 Å². The van der Waals surface area contributed by atoms with Crippen molar-refractivity contribution < 1.29 is 33.4 Å². The molecule has 0 spiro atoms. The molecule has 30 heavy (non-hydrogen) atoms. The van der Waals surface area contributed by atoms with Crippen molar-refractivity contribution in [2.75, 3.05) is 13.6 Å². The number of carboxylic acids is 1. The lowest BCUT2D eigenvalue weighted by Gasteiger charge is -2.29. The normalized spacial score (nSPS) is 13.2. The van der Waals surface area contributed by atoms with E-state index in [1.54, 1.807) is 0 Å². The average molecular weight is 421 g/mol. The van der Waals surface area contributed by atoms with Crippen LogP contribution in [-0.4, -0.2) is 51.1 Å². The van der Waals surface area contributed by atoms with Crippen LogP contribution in [0.15, 0.2) is 23.0 Å². The van der Waals surface area contributed by atoms with Gasteiger partial charge in [0.2, 0.25) is 5.91 Å². The minimum absolute atomic E-state index is 0.0145. The molecule has 3 rings (SSSR count). The number of nitrogens with zero attached hydrogens (tertiary/aromatic N) is 2. The van der Waals surface area contributed by atoms with Crippen molar-refractivity contribution in [3.8, 4) is 5.75 Å². The molecule has 158 valence electrons. The van der Waals surface area contributed by atoms with Gasteiger partial charge in [0.05, 0.1) is 19.5 Å². The Bertz CT molecular complexity index is 1130. The summed E-state index contributed by atoms with van der Waals surface area (Å²) < 4.78 is 28.4. The maximum atomic E-state index is 14.2. The lowest BCUT2D eigenvalue weighted by Crippen LogP contribution is -2.42. The zero-order chi connectivity index (χ0) is 22.2. The minimum atomic E-state index is -1.37. The van der Waals surface area contributed by atoms with Crippen LogP contribution in [0.5, 0.6) is 5.75 Å². The average Bonchev–Trinajstić information content (AvgIpc) is 2.66. The summed E-state index contributed by atoms with van der Waals surface area (Å²) >= 11 is 0. The van der Waals surface area contributed by atoms with Crippen LogP contribution in [0, 0.1) is 11.6 Å². The van der Waals surface area contributed by atoms with Gasteiger partial charge in [-0.2, -0.15) is 0 Å². The quantitative estimate of drug-likeness (QED) is 0.633. The third kappa shape index (κ3) is 3.86. The summed E-state index contributed by atoms with van der Waals surface area (Å²) in [5.74, 6) is -5.35. The van der Waals surface area contributed by atoms with Gasteiger partial charge < -0.3 is 25.0 Å². The van der Waals surface area contributed by atoms with Crippen LogP contribution in [0.2, 0.25) is 0 Å². The van der Waals surface area contributed by atoms with Crippen LogP contribution in [-0.2, 0) is 29.1 Å². The van der Waals surface area contributed by atoms with Gasteiger partial charge >= 0.3 is 5.97 Å². The van der Waals surface area contributed by atoms with Gasteiger partial charge in [-0.25, -0.2) is 8.78 Å². The summed E-state index contributed by atoms with van der Waals surface area (Å²) in [5.41, 5.74) is -1.60. The SMILES string of the molecule is CN1Cc2c(c(O)c(C(=O)NCC(=O)O)c(=O)n2Cc2ccc(F)cc2F)CC1=O. The molecule has 2 heterocycles. The molecular weight excluding hydrogens is 404 g/mol. The Hall–Kier alpha value is -3.76. The number of rotatable bonds is 5. The third-order valence-electron chi connectivity index (χ3n) is 4.77. The van der Waals surface area contributed by atoms with E-state index < -0.39 is 53.5 Å². The first-order valence-corrected chi connectivity index (χ1v) is 8.75.